The smallest absolute Gasteiger partial charge is 0.119 e. The Kier molecular flexibility index (Phi) is 11.4. The summed E-state index contributed by atoms with van der Waals surface area (Å²) in [6, 6.07) is 40.4. The number of aliphatic hydroxyl groups excluding tert-OH is 3. The predicted octanol–water partition coefficient (Wildman–Crippen LogP) is 7.17. The van der Waals surface area contributed by atoms with Crippen molar-refractivity contribution in [1.82, 2.24) is 0 Å². The fourth-order valence-electron chi connectivity index (χ4n) is 5.00. The molecule has 0 unspecified atom stereocenters. The third-order valence-electron chi connectivity index (χ3n) is 7.26. The van der Waals surface area contributed by atoms with Crippen LogP contribution >= 0.6 is 0 Å². The maximum absolute atomic E-state index is 9.12. The zero-order chi connectivity index (χ0) is 32.1. The number of benzene rings is 5. The summed E-state index contributed by atoms with van der Waals surface area (Å²) >= 11 is 0. The monoisotopic (exact) mass is 617 g/mol. The van der Waals surface area contributed by atoms with Crippen molar-refractivity contribution >= 4 is 28.7 Å². The van der Waals surface area contributed by atoms with Gasteiger partial charge in [0.1, 0.15) is 37.1 Å². The number of nitrogens with zero attached hydrogens (tertiary/aromatic N) is 1. The van der Waals surface area contributed by atoms with E-state index in [0.717, 1.165) is 39.3 Å². The van der Waals surface area contributed by atoms with Gasteiger partial charge in [-0.3, -0.25) is 0 Å². The minimum absolute atomic E-state index is 0.0333. The van der Waals surface area contributed by atoms with Crippen LogP contribution in [-0.4, -0.2) is 55.0 Å². The van der Waals surface area contributed by atoms with E-state index in [-0.39, 0.29) is 39.6 Å². The van der Waals surface area contributed by atoms with Gasteiger partial charge in [0.2, 0.25) is 0 Å². The summed E-state index contributed by atoms with van der Waals surface area (Å²) in [7, 11) is 0. The third-order valence-corrected chi connectivity index (χ3v) is 7.26. The molecular weight excluding hydrogens is 578 g/mol. The van der Waals surface area contributed by atoms with Crippen LogP contribution in [0.4, 0.5) is 17.1 Å². The van der Waals surface area contributed by atoms with E-state index in [1.54, 1.807) is 0 Å². The quantitative estimate of drug-likeness (QED) is 0.107. The first kappa shape index (κ1) is 32.3. The summed E-state index contributed by atoms with van der Waals surface area (Å²) < 4.78 is 16.7. The molecule has 0 fully saturated rings. The van der Waals surface area contributed by atoms with Gasteiger partial charge in [0.25, 0.3) is 0 Å². The second kappa shape index (κ2) is 16.3. The SMILES string of the molecule is Cc1ccc(N(c2ccc(C=C(c3ccc(OCCO)cc3)c3ccc(OCCO)cc3)cc2)c2ccc(OCCO)cc2)cc1. The van der Waals surface area contributed by atoms with Crippen LogP contribution in [0.3, 0.4) is 0 Å². The lowest BCUT2D eigenvalue weighted by atomic mass is 9.95. The Morgan fingerprint density at radius 3 is 1.24 bits per heavy atom. The second-order valence-electron chi connectivity index (χ2n) is 10.6. The lowest BCUT2D eigenvalue weighted by molar-refractivity contribution is 0.201. The lowest BCUT2D eigenvalue weighted by Gasteiger charge is -2.26. The predicted molar refractivity (Wildman–Crippen MR) is 183 cm³/mol. The summed E-state index contributed by atoms with van der Waals surface area (Å²) in [5.74, 6) is 2.09. The number of hydrogen-bond acceptors (Lipinski definition) is 7. The normalized spacial score (nSPS) is 10.7. The van der Waals surface area contributed by atoms with Gasteiger partial charge in [-0.05, 0) is 108 Å². The molecule has 0 aromatic heterocycles. The number of aryl methyl sites for hydroxylation is 1. The van der Waals surface area contributed by atoms with Gasteiger partial charge in [0.15, 0.2) is 0 Å². The molecule has 0 heterocycles. The Hall–Kier alpha value is -5.08. The van der Waals surface area contributed by atoms with Crippen LogP contribution in [0.1, 0.15) is 22.3 Å². The zero-order valence-electron chi connectivity index (χ0n) is 25.9. The van der Waals surface area contributed by atoms with Crippen molar-refractivity contribution in [3.8, 4) is 17.2 Å². The van der Waals surface area contributed by atoms with Gasteiger partial charge >= 0.3 is 0 Å². The number of hydrogen-bond donors (Lipinski definition) is 3. The highest BCUT2D eigenvalue weighted by Gasteiger charge is 2.13. The molecule has 46 heavy (non-hydrogen) atoms. The summed E-state index contributed by atoms with van der Waals surface area (Å²) in [5.41, 5.74) is 8.26. The van der Waals surface area contributed by atoms with Crippen molar-refractivity contribution in [3.63, 3.8) is 0 Å². The van der Waals surface area contributed by atoms with E-state index in [0.29, 0.717) is 17.2 Å². The van der Waals surface area contributed by atoms with Gasteiger partial charge in [-0.25, -0.2) is 0 Å². The molecular formula is C39H39NO6. The van der Waals surface area contributed by atoms with Crippen LogP contribution in [0.15, 0.2) is 121 Å². The van der Waals surface area contributed by atoms with E-state index in [2.05, 4.69) is 66.4 Å². The van der Waals surface area contributed by atoms with Crippen molar-refractivity contribution in [3.05, 3.63) is 144 Å². The summed E-state index contributed by atoms with van der Waals surface area (Å²) in [6.45, 7) is 2.69. The average Bonchev–Trinajstić information content (AvgIpc) is 3.10. The van der Waals surface area contributed by atoms with Gasteiger partial charge in [-0.15, -0.1) is 0 Å². The lowest BCUT2D eigenvalue weighted by Crippen LogP contribution is -2.10. The molecule has 236 valence electrons. The van der Waals surface area contributed by atoms with Gasteiger partial charge in [-0.1, -0.05) is 54.1 Å². The maximum Gasteiger partial charge on any atom is 0.119 e. The average molecular weight is 618 g/mol. The van der Waals surface area contributed by atoms with Crippen molar-refractivity contribution < 1.29 is 29.5 Å². The molecule has 0 saturated heterocycles. The molecule has 0 atom stereocenters. The van der Waals surface area contributed by atoms with Gasteiger partial charge in [0, 0.05) is 17.1 Å². The van der Waals surface area contributed by atoms with Crippen molar-refractivity contribution in [2.45, 2.75) is 6.92 Å². The van der Waals surface area contributed by atoms with Crippen molar-refractivity contribution in [2.75, 3.05) is 44.5 Å². The number of anilines is 3. The second-order valence-corrected chi connectivity index (χ2v) is 10.6. The van der Waals surface area contributed by atoms with Crippen LogP contribution in [0.5, 0.6) is 17.2 Å². The topological polar surface area (TPSA) is 91.6 Å². The Labute approximate surface area is 270 Å². The molecule has 5 rings (SSSR count). The van der Waals surface area contributed by atoms with Crippen LogP contribution in [-0.2, 0) is 0 Å². The molecule has 3 N–H and O–H groups in total. The molecule has 5 aromatic rings. The number of rotatable bonds is 15. The van der Waals surface area contributed by atoms with Gasteiger partial charge in [-0.2, -0.15) is 0 Å². The fraction of sp³-hybridized carbons (Fsp3) is 0.179. The maximum atomic E-state index is 9.12. The molecule has 0 saturated carbocycles. The summed E-state index contributed by atoms with van der Waals surface area (Å²) in [6.07, 6.45) is 2.15. The highest BCUT2D eigenvalue weighted by Crippen LogP contribution is 2.36. The number of aliphatic hydroxyl groups is 3. The van der Waals surface area contributed by atoms with Gasteiger partial charge < -0.3 is 34.4 Å². The first-order valence-corrected chi connectivity index (χ1v) is 15.3. The van der Waals surface area contributed by atoms with Gasteiger partial charge in [0.05, 0.1) is 19.8 Å². The first-order chi connectivity index (χ1) is 22.6. The minimum Gasteiger partial charge on any atom is -0.491 e. The Balaban J connectivity index is 1.49. The Morgan fingerprint density at radius 2 is 0.848 bits per heavy atom. The van der Waals surface area contributed by atoms with Crippen LogP contribution < -0.4 is 19.1 Å². The molecule has 0 bridgehead atoms. The number of ether oxygens (including phenoxy) is 3. The first-order valence-electron chi connectivity index (χ1n) is 15.3. The molecule has 0 aliphatic rings. The summed E-state index contributed by atoms with van der Waals surface area (Å²) in [4.78, 5) is 2.19. The molecule has 0 aliphatic heterocycles. The van der Waals surface area contributed by atoms with E-state index in [4.69, 9.17) is 29.5 Å². The highest BCUT2D eigenvalue weighted by atomic mass is 16.5. The standard InChI is InChI=1S/C39H39NO6/c1-29-2-10-33(11-3-29)40(35-14-20-38(21-15-35)46-27-24-43)34-12-4-30(5-13-34)28-39(31-6-16-36(17-7-31)44-25-22-41)32-8-18-37(19-9-32)45-26-23-42/h2-21,28,41-43H,22-27H2,1H3. The fourth-order valence-corrected chi connectivity index (χ4v) is 5.00. The third kappa shape index (κ3) is 8.55. The van der Waals surface area contributed by atoms with Crippen LogP contribution in [0, 0.1) is 6.92 Å². The zero-order valence-corrected chi connectivity index (χ0v) is 25.9. The van der Waals surface area contributed by atoms with Crippen LogP contribution in [0.2, 0.25) is 0 Å². The van der Waals surface area contributed by atoms with Crippen LogP contribution in [0.25, 0.3) is 11.6 Å². The van der Waals surface area contributed by atoms with Crippen molar-refractivity contribution in [2.24, 2.45) is 0 Å². The molecule has 0 aliphatic carbocycles. The molecule has 0 radical (unpaired) electrons. The van der Waals surface area contributed by atoms with E-state index >= 15 is 0 Å². The molecule has 7 nitrogen and oxygen atoms in total. The van der Waals surface area contributed by atoms with Crippen molar-refractivity contribution in [1.29, 1.82) is 0 Å². The molecule has 7 heteroatoms. The summed E-state index contributed by atoms with van der Waals surface area (Å²) in [5, 5.41) is 27.4. The van der Waals surface area contributed by atoms with E-state index in [1.807, 2.05) is 72.8 Å². The molecule has 5 aromatic carbocycles. The molecule has 0 amide bonds. The van der Waals surface area contributed by atoms with E-state index in [1.165, 1.54) is 5.56 Å². The van der Waals surface area contributed by atoms with E-state index < -0.39 is 0 Å². The van der Waals surface area contributed by atoms with E-state index in [9.17, 15) is 0 Å². The Bertz CT molecular complexity index is 1610. The minimum atomic E-state index is -0.0424. The Morgan fingerprint density at radius 1 is 0.500 bits per heavy atom. The largest absolute Gasteiger partial charge is 0.491 e. The highest BCUT2D eigenvalue weighted by molar-refractivity contribution is 5.92. The molecule has 0 spiro atoms.